The molecule has 0 aliphatic heterocycles. The maximum absolute atomic E-state index is 13.1. The van der Waals surface area contributed by atoms with E-state index < -0.39 is 0 Å². The Balaban J connectivity index is 1.22. The van der Waals surface area contributed by atoms with Crippen LogP contribution < -0.4 is 0 Å². The Morgan fingerprint density at radius 3 is 2.19 bits per heavy atom. The molecule has 0 saturated heterocycles. The first-order valence-corrected chi connectivity index (χ1v) is 14.1. The van der Waals surface area contributed by atoms with Gasteiger partial charge in [0.2, 0.25) is 0 Å². The van der Waals surface area contributed by atoms with Crippen molar-refractivity contribution in [2.75, 3.05) is 0 Å². The van der Waals surface area contributed by atoms with Crippen LogP contribution in [0.1, 0.15) is 89.9 Å². The van der Waals surface area contributed by atoms with E-state index in [1.165, 1.54) is 57.8 Å². The van der Waals surface area contributed by atoms with Crippen molar-refractivity contribution in [3.63, 3.8) is 0 Å². The zero-order chi connectivity index (χ0) is 18.8. The van der Waals surface area contributed by atoms with Crippen molar-refractivity contribution in [1.82, 2.24) is 0 Å². The summed E-state index contributed by atoms with van der Waals surface area (Å²) in [4.78, 5) is 13.1. The molecule has 0 aromatic carbocycles. The van der Waals surface area contributed by atoms with E-state index in [0.717, 1.165) is 43.9 Å². The summed E-state index contributed by atoms with van der Waals surface area (Å²) in [5.74, 6) is 3.19. The Bertz CT molecular complexity index is 503. The lowest BCUT2D eigenvalue weighted by Crippen LogP contribution is -2.39. The van der Waals surface area contributed by atoms with Crippen molar-refractivity contribution in [1.29, 1.82) is 0 Å². The Labute approximate surface area is 193 Å². The van der Waals surface area contributed by atoms with Gasteiger partial charge in [0, 0.05) is 19.7 Å². The fourth-order valence-electron chi connectivity index (χ4n) is 6.39. The van der Waals surface area contributed by atoms with Crippen molar-refractivity contribution >= 4 is 51.0 Å². The highest BCUT2D eigenvalue weighted by molar-refractivity contribution is 14.1. The third-order valence-electron chi connectivity index (χ3n) is 8.02. The summed E-state index contributed by atoms with van der Waals surface area (Å²) in [7, 11) is 0. The van der Waals surface area contributed by atoms with Crippen LogP contribution >= 0.6 is 45.2 Å². The maximum Gasteiger partial charge on any atom is 0.140 e. The number of halogens is 2. The fraction of sp³-hybridized carbons (Fsp3) is 0.957. The van der Waals surface area contributed by atoms with Gasteiger partial charge < -0.3 is 4.74 Å². The molecule has 0 aromatic heterocycles. The lowest BCUT2D eigenvalue weighted by Gasteiger charge is -2.41. The number of carbonyl (C=O) groups excluding carboxylic acids is 1. The smallest absolute Gasteiger partial charge is 0.140 e. The minimum atomic E-state index is 0.322. The summed E-state index contributed by atoms with van der Waals surface area (Å²) in [5, 5.41) is 0. The minimum absolute atomic E-state index is 0.322. The molecular formula is C23H36I2O2. The van der Waals surface area contributed by atoms with Crippen molar-refractivity contribution < 1.29 is 9.53 Å². The van der Waals surface area contributed by atoms with Crippen LogP contribution in [-0.2, 0) is 9.53 Å². The predicted octanol–water partition coefficient (Wildman–Crippen LogP) is 6.90. The maximum atomic E-state index is 13.1. The standard InChI is InChI=1S/C23H36I2O2/c24-18-8-12-22(25)21(14-18)23(26)16-6-9-19(10-7-16)27-20-11-5-15-3-1-2-4-17(15)13-20/h15-22H,1-14H2. The Kier molecular flexibility index (Phi) is 7.84. The highest BCUT2D eigenvalue weighted by Gasteiger charge is 2.39. The van der Waals surface area contributed by atoms with Crippen LogP contribution in [0.3, 0.4) is 0 Å². The predicted molar refractivity (Wildman–Crippen MR) is 128 cm³/mol. The first kappa shape index (κ1) is 21.3. The van der Waals surface area contributed by atoms with E-state index in [1.807, 2.05) is 0 Å². The highest BCUT2D eigenvalue weighted by Crippen LogP contribution is 2.43. The van der Waals surface area contributed by atoms with E-state index >= 15 is 0 Å². The number of fused-ring (bicyclic) bond motifs is 1. The summed E-state index contributed by atoms with van der Waals surface area (Å²) in [6, 6.07) is 0. The molecule has 4 rings (SSSR count). The molecular weight excluding hydrogens is 562 g/mol. The van der Waals surface area contributed by atoms with E-state index in [-0.39, 0.29) is 0 Å². The summed E-state index contributed by atoms with van der Waals surface area (Å²) in [6.07, 6.45) is 18.8. The number of rotatable bonds is 4. The molecule has 4 heteroatoms. The molecule has 4 aliphatic carbocycles. The lowest BCUT2D eigenvalue weighted by atomic mass is 9.70. The van der Waals surface area contributed by atoms with Crippen LogP contribution in [0.5, 0.6) is 0 Å². The van der Waals surface area contributed by atoms with Crippen molar-refractivity contribution in [2.24, 2.45) is 23.7 Å². The van der Waals surface area contributed by atoms with Crippen LogP contribution in [0, 0.1) is 23.7 Å². The van der Waals surface area contributed by atoms with Gasteiger partial charge in [-0.15, -0.1) is 0 Å². The molecule has 0 aromatic rings. The number of Topliss-reactive ketones (excluding diaryl/α,β-unsaturated/α-hetero) is 1. The molecule has 4 saturated carbocycles. The van der Waals surface area contributed by atoms with Gasteiger partial charge in [-0.25, -0.2) is 0 Å². The number of hydrogen-bond acceptors (Lipinski definition) is 2. The van der Waals surface area contributed by atoms with Gasteiger partial charge in [0.05, 0.1) is 12.2 Å². The van der Waals surface area contributed by atoms with Gasteiger partial charge in [0.1, 0.15) is 5.78 Å². The second kappa shape index (κ2) is 9.93. The zero-order valence-corrected chi connectivity index (χ0v) is 20.9. The molecule has 4 fully saturated rings. The van der Waals surface area contributed by atoms with E-state index in [4.69, 9.17) is 4.74 Å². The van der Waals surface area contributed by atoms with Crippen molar-refractivity contribution in [2.45, 2.75) is 110 Å². The second-order valence-electron chi connectivity index (χ2n) is 9.78. The number of alkyl halides is 2. The van der Waals surface area contributed by atoms with Gasteiger partial charge in [-0.1, -0.05) is 70.9 Å². The largest absolute Gasteiger partial charge is 0.375 e. The average Bonchev–Trinajstić information content (AvgIpc) is 2.70. The van der Waals surface area contributed by atoms with Crippen LogP contribution in [0.25, 0.3) is 0 Å². The monoisotopic (exact) mass is 598 g/mol. The molecule has 0 heterocycles. The van der Waals surface area contributed by atoms with E-state index in [0.29, 0.717) is 37.7 Å². The molecule has 0 amide bonds. The van der Waals surface area contributed by atoms with Gasteiger partial charge in [0.25, 0.3) is 0 Å². The van der Waals surface area contributed by atoms with Crippen molar-refractivity contribution in [3.8, 4) is 0 Å². The number of hydrogen-bond donors (Lipinski definition) is 0. The van der Waals surface area contributed by atoms with Crippen LogP contribution in [0.2, 0.25) is 0 Å². The number of ketones is 1. The fourth-order valence-corrected chi connectivity index (χ4v) is 8.30. The molecule has 2 nitrogen and oxygen atoms in total. The molecule has 4 aliphatic rings. The molecule has 6 atom stereocenters. The normalized spacial score (nSPS) is 45.9. The van der Waals surface area contributed by atoms with E-state index in [1.54, 1.807) is 0 Å². The average molecular weight is 598 g/mol. The molecule has 0 N–H and O–H groups in total. The molecule has 154 valence electrons. The quantitative estimate of drug-likeness (QED) is 0.260. The SMILES string of the molecule is O=C(C1CCC(OC2CCC3CCCCC3C2)CC1)C1CC(I)CCC1I. The van der Waals surface area contributed by atoms with Crippen molar-refractivity contribution in [3.05, 3.63) is 0 Å². The molecule has 0 spiro atoms. The van der Waals surface area contributed by atoms with E-state index in [2.05, 4.69) is 45.2 Å². The van der Waals surface area contributed by atoms with E-state index in [9.17, 15) is 4.79 Å². The van der Waals surface area contributed by atoms with Gasteiger partial charge in [-0.3, -0.25) is 4.79 Å². The first-order chi connectivity index (χ1) is 13.1. The first-order valence-electron chi connectivity index (χ1n) is 11.6. The van der Waals surface area contributed by atoms with Gasteiger partial charge in [-0.05, 0) is 76.0 Å². The lowest BCUT2D eigenvalue weighted by molar-refractivity contribution is -0.130. The third-order valence-corrected chi connectivity index (χ3v) is 10.6. The van der Waals surface area contributed by atoms with Crippen LogP contribution in [0.4, 0.5) is 0 Å². The molecule has 27 heavy (non-hydrogen) atoms. The molecule has 6 unspecified atom stereocenters. The Morgan fingerprint density at radius 1 is 0.704 bits per heavy atom. The topological polar surface area (TPSA) is 26.3 Å². The number of ether oxygens (including phenoxy) is 1. The zero-order valence-electron chi connectivity index (χ0n) is 16.6. The minimum Gasteiger partial charge on any atom is -0.375 e. The van der Waals surface area contributed by atoms with Gasteiger partial charge in [-0.2, -0.15) is 0 Å². The Morgan fingerprint density at radius 2 is 1.41 bits per heavy atom. The molecule has 0 bridgehead atoms. The van der Waals surface area contributed by atoms with Gasteiger partial charge >= 0.3 is 0 Å². The highest BCUT2D eigenvalue weighted by atomic mass is 127. The molecule has 0 radical (unpaired) electrons. The summed E-state index contributed by atoms with van der Waals surface area (Å²) in [5.41, 5.74) is 0. The summed E-state index contributed by atoms with van der Waals surface area (Å²) in [6.45, 7) is 0. The van der Waals surface area contributed by atoms with Gasteiger partial charge in [0.15, 0.2) is 0 Å². The van der Waals surface area contributed by atoms with Crippen LogP contribution in [0.15, 0.2) is 0 Å². The summed E-state index contributed by atoms with van der Waals surface area (Å²) < 4.78 is 7.85. The Hall–Kier alpha value is 1.09. The number of carbonyl (C=O) groups is 1. The summed E-state index contributed by atoms with van der Waals surface area (Å²) >= 11 is 5.10. The third kappa shape index (κ3) is 5.42. The second-order valence-corrected chi connectivity index (χ2v) is 13.1. The van der Waals surface area contributed by atoms with Crippen LogP contribution in [-0.4, -0.2) is 25.8 Å².